The molecule has 2 bridgehead atoms. The van der Waals surface area contributed by atoms with Crippen molar-refractivity contribution >= 4 is 56.6 Å². The molecule has 0 aromatic heterocycles. The molecule has 0 saturated heterocycles. The second-order valence-electron chi connectivity index (χ2n) is 6.00. The van der Waals surface area contributed by atoms with Crippen molar-refractivity contribution in [1.82, 2.24) is 0 Å². The molecule has 0 atom stereocenters. The van der Waals surface area contributed by atoms with Gasteiger partial charge in [0.2, 0.25) is 0 Å². The zero-order valence-electron chi connectivity index (χ0n) is 12.1. The average Bonchev–Trinajstić information content (AvgIpc) is 2.35. The van der Waals surface area contributed by atoms with Gasteiger partial charge in [0.05, 0.1) is 6.67 Å². The predicted octanol–water partition coefficient (Wildman–Crippen LogP) is 4.81. The van der Waals surface area contributed by atoms with Gasteiger partial charge in [-0.2, -0.15) is 0 Å². The maximum Gasteiger partial charge on any atom is 0.0910 e. The highest BCUT2D eigenvalue weighted by Crippen LogP contribution is 2.41. The van der Waals surface area contributed by atoms with Gasteiger partial charge in [0.25, 0.3) is 0 Å². The standard InChI is InChI=1S/C17H16I2N2/c1-10-3-14(18)5-12-7-21-9-20(16(10)12)8-13-6-15(19)4-11(2)17(13)21/h3-6H,7-9H2,1-2H3. The maximum atomic E-state index is 2.53. The molecule has 4 rings (SSSR count). The smallest absolute Gasteiger partial charge is 0.0910 e. The Bertz CT molecular complexity index is 691. The Balaban J connectivity index is 1.89. The van der Waals surface area contributed by atoms with Crippen LogP contribution >= 0.6 is 45.2 Å². The highest BCUT2D eigenvalue weighted by molar-refractivity contribution is 14.1. The van der Waals surface area contributed by atoms with Crippen molar-refractivity contribution in [3.63, 3.8) is 0 Å². The topological polar surface area (TPSA) is 6.48 Å². The van der Waals surface area contributed by atoms with Crippen molar-refractivity contribution in [3.8, 4) is 0 Å². The van der Waals surface area contributed by atoms with Gasteiger partial charge in [-0.1, -0.05) is 0 Å². The molecule has 0 unspecified atom stereocenters. The van der Waals surface area contributed by atoms with E-state index in [9.17, 15) is 0 Å². The Morgan fingerprint density at radius 1 is 0.762 bits per heavy atom. The van der Waals surface area contributed by atoms with E-state index < -0.39 is 0 Å². The van der Waals surface area contributed by atoms with Crippen LogP contribution in [0.25, 0.3) is 0 Å². The summed E-state index contributed by atoms with van der Waals surface area (Å²) in [5, 5.41) is 0. The first-order valence-corrected chi connectivity index (χ1v) is 9.26. The summed E-state index contributed by atoms with van der Waals surface area (Å²) in [7, 11) is 0. The number of fused-ring (bicyclic) bond motifs is 6. The van der Waals surface area contributed by atoms with Crippen molar-refractivity contribution in [2.45, 2.75) is 26.9 Å². The summed E-state index contributed by atoms with van der Waals surface area (Å²) in [5.41, 5.74) is 8.65. The van der Waals surface area contributed by atoms with Crippen molar-refractivity contribution in [2.24, 2.45) is 0 Å². The Morgan fingerprint density at radius 2 is 1.19 bits per heavy atom. The number of rotatable bonds is 0. The minimum atomic E-state index is 1.02. The lowest BCUT2D eigenvalue weighted by molar-refractivity contribution is 0.646. The molecule has 2 aliphatic heterocycles. The van der Waals surface area contributed by atoms with E-state index in [0.29, 0.717) is 0 Å². The number of nitrogens with zero attached hydrogens (tertiary/aromatic N) is 2. The Morgan fingerprint density at radius 3 is 1.62 bits per heavy atom. The monoisotopic (exact) mass is 502 g/mol. The third-order valence-electron chi connectivity index (χ3n) is 4.38. The normalized spacial score (nSPS) is 15.8. The molecule has 0 fully saturated rings. The molecule has 0 amide bonds. The minimum absolute atomic E-state index is 1.02. The van der Waals surface area contributed by atoms with Gasteiger partial charge < -0.3 is 9.80 Å². The molecule has 2 heterocycles. The van der Waals surface area contributed by atoms with Crippen molar-refractivity contribution in [1.29, 1.82) is 0 Å². The van der Waals surface area contributed by atoms with Crippen molar-refractivity contribution in [3.05, 3.63) is 53.7 Å². The van der Waals surface area contributed by atoms with Gasteiger partial charge in [-0.3, -0.25) is 0 Å². The Labute approximate surface area is 152 Å². The van der Waals surface area contributed by atoms with Gasteiger partial charge in [0, 0.05) is 31.6 Å². The van der Waals surface area contributed by atoms with Crippen LogP contribution in [0.5, 0.6) is 0 Å². The summed E-state index contributed by atoms with van der Waals surface area (Å²) in [5.74, 6) is 0. The summed E-state index contributed by atoms with van der Waals surface area (Å²) in [4.78, 5) is 5.06. The van der Waals surface area contributed by atoms with Gasteiger partial charge in [0.1, 0.15) is 0 Å². The molecule has 2 aromatic carbocycles. The summed E-state index contributed by atoms with van der Waals surface area (Å²) < 4.78 is 2.68. The first-order chi connectivity index (χ1) is 10.0. The first kappa shape index (κ1) is 14.1. The van der Waals surface area contributed by atoms with E-state index in [1.165, 1.54) is 40.8 Å². The number of halogens is 2. The minimum Gasteiger partial charge on any atom is -0.349 e. The molecule has 0 N–H and O–H groups in total. The molecular weight excluding hydrogens is 486 g/mol. The van der Waals surface area contributed by atoms with Crippen LogP contribution in [0, 0.1) is 21.0 Å². The van der Waals surface area contributed by atoms with Crippen LogP contribution in [0.15, 0.2) is 24.3 Å². The van der Waals surface area contributed by atoms with Gasteiger partial charge in [-0.25, -0.2) is 0 Å². The first-order valence-electron chi connectivity index (χ1n) is 7.11. The molecule has 4 heteroatoms. The van der Waals surface area contributed by atoms with E-state index in [-0.39, 0.29) is 0 Å². The van der Waals surface area contributed by atoms with Gasteiger partial charge in [0.15, 0.2) is 0 Å². The van der Waals surface area contributed by atoms with E-state index in [0.717, 1.165) is 19.8 Å². The van der Waals surface area contributed by atoms with Gasteiger partial charge in [-0.05, 0) is 106 Å². The second-order valence-corrected chi connectivity index (χ2v) is 8.49. The van der Waals surface area contributed by atoms with Crippen LogP contribution in [-0.2, 0) is 13.1 Å². The summed E-state index contributed by atoms with van der Waals surface area (Å²) in [6.07, 6.45) is 0. The fourth-order valence-corrected chi connectivity index (χ4v) is 5.46. The van der Waals surface area contributed by atoms with E-state index in [1.807, 2.05) is 0 Å². The van der Waals surface area contributed by atoms with E-state index >= 15 is 0 Å². The summed E-state index contributed by atoms with van der Waals surface area (Å²) >= 11 is 4.86. The fourth-order valence-electron chi connectivity index (χ4n) is 3.77. The lowest BCUT2D eigenvalue weighted by atomic mass is 9.97. The molecular formula is C17H16I2N2. The Hall–Kier alpha value is -0.500. The Kier molecular flexibility index (Phi) is 3.37. The molecule has 0 aliphatic carbocycles. The van der Waals surface area contributed by atoms with Crippen LogP contribution in [0.2, 0.25) is 0 Å². The van der Waals surface area contributed by atoms with Gasteiger partial charge >= 0.3 is 0 Å². The predicted molar refractivity (Wildman–Crippen MR) is 105 cm³/mol. The van der Waals surface area contributed by atoms with Crippen LogP contribution in [-0.4, -0.2) is 6.67 Å². The number of anilines is 2. The number of hydrogen-bond acceptors (Lipinski definition) is 2. The highest BCUT2D eigenvalue weighted by atomic mass is 127. The SMILES string of the molecule is Cc1cc(I)cc2c1N1Cc3cc(I)cc(C)c3N(C2)C1. The molecule has 21 heavy (non-hydrogen) atoms. The largest absolute Gasteiger partial charge is 0.349 e. The average molecular weight is 502 g/mol. The quantitative estimate of drug-likeness (QED) is 0.478. The molecule has 0 spiro atoms. The zero-order chi connectivity index (χ0) is 14.7. The molecule has 2 aliphatic rings. The highest BCUT2D eigenvalue weighted by Gasteiger charge is 2.31. The third-order valence-corrected chi connectivity index (χ3v) is 5.63. The maximum absolute atomic E-state index is 2.53. The van der Waals surface area contributed by atoms with E-state index in [4.69, 9.17) is 0 Å². The second kappa shape index (κ2) is 5.01. The molecule has 0 saturated carbocycles. The van der Waals surface area contributed by atoms with Crippen LogP contribution in [0.4, 0.5) is 11.4 Å². The number of hydrogen-bond donors (Lipinski definition) is 0. The molecule has 2 aromatic rings. The lowest BCUT2D eigenvalue weighted by Crippen LogP contribution is -2.46. The van der Waals surface area contributed by atoms with E-state index in [1.54, 1.807) is 0 Å². The summed E-state index contributed by atoms with van der Waals surface area (Å²) in [6.45, 7) is 7.55. The van der Waals surface area contributed by atoms with Crippen LogP contribution in [0.1, 0.15) is 22.3 Å². The van der Waals surface area contributed by atoms with Crippen molar-refractivity contribution < 1.29 is 0 Å². The van der Waals surface area contributed by atoms with Crippen molar-refractivity contribution in [2.75, 3.05) is 16.5 Å². The zero-order valence-corrected chi connectivity index (χ0v) is 16.4. The molecule has 108 valence electrons. The lowest BCUT2D eigenvalue weighted by Gasteiger charge is -2.46. The van der Waals surface area contributed by atoms with Crippen LogP contribution < -0.4 is 9.80 Å². The van der Waals surface area contributed by atoms with E-state index in [2.05, 4.69) is 93.1 Å². The molecule has 0 radical (unpaired) electrons. The third kappa shape index (κ3) is 2.25. The fraction of sp³-hybridized carbons (Fsp3) is 0.294. The number of aryl methyl sites for hydroxylation is 2. The number of benzene rings is 2. The summed E-state index contributed by atoms with van der Waals surface area (Å²) in [6, 6.07) is 9.28. The van der Waals surface area contributed by atoms with Gasteiger partial charge in [-0.15, -0.1) is 0 Å². The van der Waals surface area contributed by atoms with Crippen LogP contribution in [0.3, 0.4) is 0 Å². The molecule has 2 nitrogen and oxygen atoms in total.